The molecule has 0 spiro atoms. The van der Waals surface area contributed by atoms with Crippen LogP contribution in [-0.4, -0.2) is 28.6 Å². The highest BCUT2D eigenvalue weighted by Crippen LogP contribution is 2.38. The van der Waals surface area contributed by atoms with E-state index in [1.807, 2.05) is 0 Å². The Bertz CT molecular complexity index is 834. The summed E-state index contributed by atoms with van der Waals surface area (Å²) < 4.78 is 32.5. The minimum Gasteiger partial charge on any atom is -0.481 e. The molecule has 3 rings (SSSR count). The van der Waals surface area contributed by atoms with Crippen LogP contribution in [0.5, 0.6) is 5.75 Å². The lowest BCUT2D eigenvalue weighted by atomic mass is 10.3. The van der Waals surface area contributed by atoms with Gasteiger partial charge in [0.15, 0.2) is 18.2 Å². The molecule has 1 aromatic heterocycles. The van der Waals surface area contributed by atoms with Crippen LogP contribution < -0.4 is 15.6 Å². The van der Waals surface area contributed by atoms with Crippen LogP contribution in [0.4, 0.5) is 8.78 Å². The highest BCUT2D eigenvalue weighted by molar-refractivity contribution is 5.77. The molecule has 1 aliphatic rings. The average molecular weight is 349 g/mol. The van der Waals surface area contributed by atoms with Gasteiger partial charge in [-0.1, -0.05) is 0 Å². The van der Waals surface area contributed by atoms with Crippen molar-refractivity contribution in [1.29, 1.82) is 0 Å². The van der Waals surface area contributed by atoms with Crippen LogP contribution in [0.25, 0.3) is 0 Å². The molecule has 0 saturated heterocycles. The molecule has 1 fully saturated rings. The third kappa shape index (κ3) is 4.62. The van der Waals surface area contributed by atoms with E-state index >= 15 is 0 Å². The molecule has 0 atom stereocenters. The molecule has 2 aromatic rings. The SMILES string of the molecule is O=C(COc1ccc(F)cc1F)NCCn1cnc(C2CC2)cc1=O. The summed E-state index contributed by atoms with van der Waals surface area (Å²) in [6.45, 7) is 0.0716. The number of carbonyl (C=O) groups excluding carboxylic acids is 1. The fourth-order valence-electron chi connectivity index (χ4n) is 2.31. The number of benzene rings is 1. The van der Waals surface area contributed by atoms with E-state index in [1.54, 1.807) is 0 Å². The molecule has 1 aliphatic carbocycles. The summed E-state index contributed by atoms with van der Waals surface area (Å²) in [6, 6.07) is 4.36. The van der Waals surface area contributed by atoms with E-state index in [-0.39, 0.29) is 24.4 Å². The maximum atomic E-state index is 13.4. The maximum Gasteiger partial charge on any atom is 0.258 e. The van der Waals surface area contributed by atoms with Crippen molar-refractivity contribution in [3.63, 3.8) is 0 Å². The molecule has 25 heavy (non-hydrogen) atoms. The quantitative estimate of drug-likeness (QED) is 0.824. The number of nitrogens with zero attached hydrogens (tertiary/aromatic N) is 2. The number of carbonyl (C=O) groups is 1. The van der Waals surface area contributed by atoms with Gasteiger partial charge in [0.05, 0.1) is 12.0 Å². The summed E-state index contributed by atoms with van der Waals surface area (Å²) in [6.07, 6.45) is 3.62. The van der Waals surface area contributed by atoms with Crippen LogP contribution in [0.2, 0.25) is 0 Å². The Balaban J connectivity index is 1.44. The van der Waals surface area contributed by atoms with Gasteiger partial charge in [0.1, 0.15) is 5.82 Å². The Labute approximate surface area is 142 Å². The number of aromatic nitrogens is 2. The molecule has 132 valence electrons. The van der Waals surface area contributed by atoms with Crippen LogP contribution >= 0.6 is 0 Å². The number of nitrogens with one attached hydrogen (secondary N) is 1. The fraction of sp³-hybridized carbons (Fsp3) is 0.353. The number of halogens is 2. The van der Waals surface area contributed by atoms with Gasteiger partial charge in [-0.25, -0.2) is 13.8 Å². The lowest BCUT2D eigenvalue weighted by Crippen LogP contribution is -2.33. The minimum atomic E-state index is -0.874. The van der Waals surface area contributed by atoms with Gasteiger partial charge in [-0.05, 0) is 25.0 Å². The first-order valence-electron chi connectivity index (χ1n) is 7.94. The molecule has 1 saturated carbocycles. The van der Waals surface area contributed by atoms with E-state index in [4.69, 9.17) is 4.74 Å². The molecule has 0 aliphatic heterocycles. The standard InChI is InChI=1S/C17H17F2N3O3/c18-12-3-4-15(13(19)7-12)25-9-16(23)20-5-6-22-10-21-14(8-17(22)24)11-1-2-11/h3-4,7-8,10-11H,1-2,5-6,9H2,(H,20,23). The van der Waals surface area contributed by atoms with Gasteiger partial charge < -0.3 is 10.1 Å². The zero-order chi connectivity index (χ0) is 17.8. The first kappa shape index (κ1) is 17.1. The van der Waals surface area contributed by atoms with Crippen molar-refractivity contribution in [2.24, 2.45) is 0 Å². The molecule has 0 bridgehead atoms. The third-order valence-corrected chi connectivity index (χ3v) is 3.82. The van der Waals surface area contributed by atoms with Crippen LogP contribution in [-0.2, 0) is 11.3 Å². The van der Waals surface area contributed by atoms with Gasteiger partial charge in [0.2, 0.25) is 0 Å². The second-order valence-electron chi connectivity index (χ2n) is 5.83. The molecule has 1 N–H and O–H groups in total. The largest absolute Gasteiger partial charge is 0.481 e. The van der Waals surface area contributed by atoms with Crippen LogP contribution in [0.3, 0.4) is 0 Å². The fourth-order valence-corrected chi connectivity index (χ4v) is 2.31. The first-order chi connectivity index (χ1) is 12.0. The highest BCUT2D eigenvalue weighted by atomic mass is 19.1. The monoisotopic (exact) mass is 349 g/mol. The second-order valence-corrected chi connectivity index (χ2v) is 5.83. The van der Waals surface area contributed by atoms with E-state index in [0.717, 1.165) is 30.7 Å². The Kier molecular flexibility index (Phi) is 5.06. The number of rotatable bonds is 7. The number of ether oxygens (including phenoxy) is 1. The van der Waals surface area contributed by atoms with Gasteiger partial charge in [-0.2, -0.15) is 0 Å². The summed E-state index contributed by atoms with van der Waals surface area (Å²) in [7, 11) is 0. The topological polar surface area (TPSA) is 73.2 Å². The summed E-state index contributed by atoms with van der Waals surface area (Å²) in [5.41, 5.74) is 0.663. The van der Waals surface area contributed by atoms with E-state index in [9.17, 15) is 18.4 Å². The van der Waals surface area contributed by atoms with Crippen molar-refractivity contribution in [3.05, 3.63) is 58.3 Å². The summed E-state index contributed by atoms with van der Waals surface area (Å²) in [4.78, 5) is 27.9. The molecule has 1 heterocycles. The normalized spacial score (nSPS) is 13.5. The maximum absolute atomic E-state index is 13.4. The number of hydrogen-bond donors (Lipinski definition) is 1. The van der Waals surface area contributed by atoms with Crippen LogP contribution in [0.15, 0.2) is 35.4 Å². The van der Waals surface area contributed by atoms with Crippen molar-refractivity contribution in [3.8, 4) is 5.75 Å². The third-order valence-electron chi connectivity index (χ3n) is 3.82. The van der Waals surface area contributed by atoms with Gasteiger partial charge in [-0.15, -0.1) is 0 Å². The van der Waals surface area contributed by atoms with Crippen molar-refractivity contribution in [2.75, 3.05) is 13.2 Å². The van der Waals surface area contributed by atoms with Crippen molar-refractivity contribution in [2.45, 2.75) is 25.3 Å². The van der Waals surface area contributed by atoms with Gasteiger partial charge >= 0.3 is 0 Å². The first-order valence-corrected chi connectivity index (χ1v) is 7.94. The van der Waals surface area contributed by atoms with Crippen molar-refractivity contribution >= 4 is 5.91 Å². The van der Waals surface area contributed by atoms with E-state index < -0.39 is 24.1 Å². The Morgan fingerprint density at radius 1 is 1.32 bits per heavy atom. The molecular weight excluding hydrogens is 332 g/mol. The Hall–Kier alpha value is -2.77. The molecule has 1 amide bonds. The zero-order valence-electron chi connectivity index (χ0n) is 13.4. The van der Waals surface area contributed by atoms with Gasteiger partial charge in [0, 0.05) is 31.1 Å². The predicted octanol–water partition coefficient (Wildman–Crippen LogP) is 1.59. The van der Waals surface area contributed by atoms with E-state index in [0.29, 0.717) is 12.0 Å². The molecule has 8 heteroatoms. The zero-order valence-corrected chi connectivity index (χ0v) is 13.4. The summed E-state index contributed by atoms with van der Waals surface area (Å²) in [5.74, 6) is -1.86. The summed E-state index contributed by atoms with van der Waals surface area (Å²) >= 11 is 0. The minimum absolute atomic E-state index is 0.157. The highest BCUT2D eigenvalue weighted by Gasteiger charge is 2.25. The van der Waals surface area contributed by atoms with E-state index in [1.165, 1.54) is 17.0 Å². The van der Waals surface area contributed by atoms with Gasteiger partial charge in [-0.3, -0.25) is 14.2 Å². The van der Waals surface area contributed by atoms with Crippen LogP contribution in [0, 0.1) is 11.6 Å². The van der Waals surface area contributed by atoms with Gasteiger partial charge in [0.25, 0.3) is 11.5 Å². The van der Waals surface area contributed by atoms with Crippen molar-refractivity contribution < 1.29 is 18.3 Å². The molecular formula is C17H17F2N3O3. The molecule has 0 radical (unpaired) electrons. The lowest BCUT2D eigenvalue weighted by molar-refractivity contribution is -0.123. The predicted molar refractivity (Wildman–Crippen MR) is 85.3 cm³/mol. The van der Waals surface area contributed by atoms with Crippen LogP contribution in [0.1, 0.15) is 24.5 Å². The summed E-state index contributed by atoms with van der Waals surface area (Å²) in [5, 5.41) is 2.56. The molecule has 6 nitrogen and oxygen atoms in total. The van der Waals surface area contributed by atoms with E-state index in [2.05, 4.69) is 10.3 Å². The molecule has 0 unspecified atom stereocenters. The van der Waals surface area contributed by atoms with Crippen molar-refractivity contribution in [1.82, 2.24) is 14.9 Å². The number of amides is 1. The average Bonchev–Trinajstić information content (AvgIpc) is 3.40. The second kappa shape index (κ2) is 7.42. The number of hydrogen-bond acceptors (Lipinski definition) is 4. The lowest BCUT2D eigenvalue weighted by Gasteiger charge is -2.09. The molecule has 1 aromatic carbocycles. The Morgan fingerprint density at radius 2 is 2.12 bits per heavy atom. The Morgan fingerprint density at radius 3 is 2.80 bits per heavy atom. The smallest absolute Gasteiger partial charge is 0.258 e.